The highest BCUT2D eigenvalue weighted by molar-refractivity contribution is 6.23. The lowest BCUT2D eigenvalue weighted by atomic mass is 9.49. The molecule has 2 saturated heterocycles. The average Bonchev–Trinajstić information content (AvgIpc) is 3.43. The van der Waals surface area contributed by atoms with Crippen molar-refractivity contribution in [1.29, 1.82) is 5.26 Å². The third kappa shape index (κ3) is 7.37. The van der Waals surface area contributed by atoms with Crippen LogP contribution in [0.15, 0.2) is 42.5 Å². The summed E-state index contributed by atoms with van der Waals surface area (Å²) in [7, 11) is 0. The van der Waals surface area contributed by atoms with Gasteiger partial charge in [0, 0.05) is 73.3 Å². The zero-order chi connectivity index (χ0) is 45.6. The lowest BCUT2D eigenvalue weighted by Crippen LogP contribution is -2.74. The Morgan fingerprint density at radius 2 is 1.59 bits per heavy atom. The van der Waals surface area contributed by atoms with Crippen molar-refractivity contribution in [2.75, 3.05) is 24.5 Å². The maximum atomic E-state index is 13.5. The number of amides is 5. The molecule has 64 heavy (non-hydrogen) atoms. The van der Waals surface area contributed by atoms with Crippen LogP contribution in [0, 0.1) is 47.3 Å². The van der Waals surface area contributed by atoms with Gasteiger partial charge < -0.3 is 19.7 Å². The Balaban J connectivity index is 0.722. The first-order chi connectivity index (χ1) is 30.3. The molecule has 3 aromatic rings. The number of nitrogens with one attached hydrogen (secondary N) is 2. The number of ether oxygens (including phenoxy) is 2. The fourth-order valence-corrected chi connectivity index (χ4v) is 12.1. The predicted molar refractivity (Wildman–Crippen MR) is 236 cm³/mol. The van der Waals surface area contributed by atoms with Gasteiger partial charge in [0.05, 0.1) is 22.8 Å². The van der Waals surface area contributed by atoms with E-state index >= 15 is 0 Å². The Labute approximate surface area is 374 Å². The topological polar surface area (TPSA) is 187 Å². The molecular weight excluding hydrogens is 813 g/mol. The minimum atomic E-state index is -1.00. The number of carbonyl (C=O) groups excluding carboxylic acids is 5. The fraction of sp³-hybridized carbons (Fsp3) is 0.551. The second kappa shape index (κ2) is 15.7. The van der Waals surface area contributed by atoms with Crippen LogP contribution in [0.5, 0.6) is 11.5 Å². The lowest BCUT2D eigenvalue weighted by molar-refractivity contribution is -0.164. The predicted octanol–water partition coefficient (Wildman–Crippen LogP) is 5.52. The van der Waals surface area contributed by atoms with Crippen molar-refractivity contribution >= 4 is 35.4 Å². The van der Waals surface area contributed by atoms with E-state index in [-0.39, 0.29) is 70.1 Å². The molecule has 1 spiro atoms. The van der Waals surface area contributed by atoms with Crippen molar-refractivity contribution in [2.24, 2.45) is 22.2 Å². The van der Waals surface area contributed by atoms with Crippen LogP contribution in [0.1, 0.15) is 128 Å². The van der Waals surface area contributed by atoms with Crippen LogP contribution >= 0.6 is 0 Å². The monoisotopic (exact) mass is 870 g/mol. The summed E-state index contributed by atoms with van der Waals surface area (Å²) in [6, 6.07) is 14.3. The van der Waals surface area contributed by atoms with E-state index in [1.807, 2.05) is 32.0 Å². The molecule has 3 aliphatic carbocycles. The van der Waals surface area contributed by atoms with Gasteiger partial charge in [-0.1, -0.05) is 27.7 Å². The van der Waals surface area contributed by atoms with Crippen molar-refractivity contribution in [3.8, 4) is 17.6 Å². The Morgan fingerprint density at radius 3 is 2.20 bits per heavy atom. The summed E-state index contributed by atoms with van der Waals surface area (Å²) in [5, 5.41) is 23.8. The number of hydrogen-bond acceptors (Lipinski definition) is 12. The molecule has 15 nitrogen and oxygen atoms in total. The number of aromatic nitrogens is 2. The Hall–Kier alpha value is -5.88. The fourth-order valence-electron chi connectivity index (χ4n) is 12.1. The van der Waals surface area contributed by atoms with Crippen molar-refractivity contribution in [3.63, 3.8) is 0 Å². The molecule has 336 valence electrons. The number of hydrogen-bond donors (Lipinski definition) is 2. The van der Waals surface area contributed by atoms with Crippen molar-refractivity contribution in [3.05, 3.63) is 76.0 Å². The molecule has 0 radical (unpaired) electrons. The summed E-state index contributed by atoms with van der Waals surface area (Å²) in [5.41, 5.74) is 2.74. The number of nitrogens with zero attached hydrogens (tertiary/aromatic N) is 6. The molecule has 0 unspecified atom stereocenters. The van der Waals surface area contributed by atoms with Gasteiger partial charge in [-0.25, -0.2) is 0 Å². The molecule has 15 heteroatoms. The van der Waals surface area contributed by atoms with Gasteiger partial charge in [0.2, 0.25) is 11.8 Å². The standard InChI is InChI=1S/C49H58N8O7/c1-26(2)56(30-17-33(18-30)63-31-9-10-34-35(19-31)44(62)57(43(34)61)38-12-14-40(58)51-42(38)60)23-29-20-49(21-29)24-55(25-49)39-13-11-37(53-54-39)41(59)52-45-47(5,6)46(48(45,7)8)64-32-15-27(3)36(22-50)28(4)16-32/h9-11,13,15-16,19,26,29-30,33,38,45-46H,12,14,17-18,20-21,23-25H2,1-8H3,(H,52,59)(H,51,58,60)/t30?,33?,38-,45?,46?/m1/s1. The summed E-state index contributed by atoms with van der Waals surface area (Å²) in [6.07, 6.45) is 4.08. The van der Waals surface area contributed by atoms with E-state index < -0.39 is 29.7 Å². The number of fused-ring (bicyclic) bond motifs is 1. The lowest BCUT2D eigenvalue weighted by Gasteiger charge is -2.63. The van der Waals surface area contributed by atoms with E-state index in [2.05, 4.69) is 78.2 Å². The Bertz CT molecular complexity index is 2430. The van der Waals surface area contributed by atoms with Crippen LogP contribution < -0.4 is 25.0 Å². The van der Waals surface area contributed by atoms with Gasteiger partial charge in [0.1, 0.15) is 29.7 Å². The first-order valence-corrected chi connectivity index (χ1v) is 22.6. The highest BCUT2D eigenvalue weighted by Crippen LogP contribution is 2.56. The SMILES string of the molecule is Cc1cc(OC2C(C)(C)C(NC(=O)c3ccc(N4CC5(CC(CN(C(C)C)C6CC(Oc7ccc8c(c7)C(=O)N([C@@H]7CCC(=O)NC7=O)C8=O)C6)C5)C4)nn3)C2(C)C)cc(C)c1C#N. The molecule has 6 aliphatic rings. The molecule has 1 aromatic heterocycles. The molecule has 2 aromatic carbocycles. The number of nitriles is 1. The molecule has 1 atom stereocenters. The molecule has 4 heterocycles. The smallest absolute Gasteiger partial charge is 0.272 e. The van der Waals surface area contributed by atoms with Gasteiger partial charge >= 0.3 is 0 Å². The van der Waals surface area contributed by atoms with Crippen LogP contribution in [-0.2, 0) is 9.59 Å². The molecule has 5 amide bonds. The second-order valence-electron chi connectivity index (χ2n) is 20.8. The summed E-state index contributed by atoms with van der Waals surface area (Å²) >= 11 is 0. The van der Waals surface area contributed by atoms with Crippen LogP contribution in [0.3, 0.4) is 0 Å². The third-order valence-electron chi connectivity index (χ3n) is 15.1. The van der Waals surface area contributed by atoms with E-state index in [4.69, 9.17) is 9.47 Å². The van der Waals surface area contributed by atoms with Crippen LogP contribution in [0.25, 0.3) is 0 Å². The van der Waals surface area contributed by atoms with Crippen LogP contribution in [-0.4, -0.2) is 106 Å². The number of rotatable bonds is 12. The summed E-state index contributed by atoms with van der Waals surface area (Å²) in [6.45, 7) is 19.6. The minimum Gasteiger partial charge on any atom is -0.490 e. The van der Waals surface area contributed by atoms with Crippen molar-refractivity contribution in [1.82, 2.24) is 30.6 Å². The van der Waals surface area contributed by atoms with Gasteiger partial charge in [-0.05, 0) is 106 Å². The maximum absolute atomic E-state index is 13.5. The number of benzene rings is 2. The van der Waals surface area contributed by atoms with E-state index in [9.17, 15) is 29.2 Å². The molecule has 3 saturated carbocycles. The number of anilines is 1. The van der Waals surface area contributed by atoms with Gasteiger partial charge in [-0.3, -0.25) is 39.1 Å². The Kier molecular flexibility index (Phi) is 10.6. The molecular formula is C49H58N8O7. The van der Waals surface area contributed by atoms with Crippen molar-refractivity contribution < 1.29 is 33.4 Å². The normalized spacial score (nSPS) is 26.4. The molecule has 9 rings (SSSR count). The quantitative estimate of drug-likeness (QED) is 0.218. The number of imide groups is 2. The molecule has 3 aliphatic heterocycles. The molecule has 0 bridgehead atoms. The molecule has 5 fully saturated rings. The zero-order valence-electron chi connectivity index (χ0n) is 38.0. The molecule has 2 N–H and O–H groups in total. The first-order valence-electron chi connectivity index (χ1n) is 22.6. The maximum Gasteiger partial charge on any atom is 0.272 e. The van der Waals surface area contributed by atoms with Gasteiger partial charge in [-0.2, -0.15) is 5.26 Å². The largest absolute Gasteiger partial charge is 0.490 e. The summed E-state index contributed by atoms with van der Waals surface area (Å²) in [4.78, 5) is 69.8. The number of carbonyl (C=O) groups is 5. The van der Waals surface area contributed by atoms with Crippen LogP contribution in [0.4, 0.5) is 5.82 Å². The van der Waals surface area contributed by atoms with E-state index in [1.165, 1.54) is 0 Å². The highest BCUT2D eigenvalue weighted by atomic mass is 16.5. The van der Waals surface area contributed by atoms with E-state index in [1.54, 1.807) is 24.3 Å². The second-order valence-corrected chi connectivity index (χ2v) is 20.8. The van der Waals surface area contributed by atoms with Crippen molar-refractivity contribution in [2.45, 2.75) is 130 Å². The number of piperidine rings is 1. The van der Waals surface area contributed by atoms with E-state index in [0.29, 0.717) is 29.3 Å². The van der Waals surface area contributed by atoms with Gasteiger partial charge in [0.15, 0.2) is 11.5 Å². The van der Waals surface area contributed by atoms with E-state index in [0.717, 1.165) is 72.9 Å². The first kappa shape index (κ1) is 43.4. The summed E-state index contributed by atoms with van der Waals surface area (Å²) < 4.78 is 12.8. The van der Waals surface area contributed by atoms with Crippen LogP contribution in [0.2, 0.25) is 0 Å². The Morgan fingerprint density at radius 1 is 0.922 bits per heavy atom. The summed E-state index contributed by atoms with van der Waals surface area (Å²) in [5.74, 6) is 0.286. The highest BCUT2D eigenvalue weighted by Gasteiger charge is 2.64. The average molecular weight is 871 g/mol. The zero-order valence-corrected chi connectivity index (χ0v) is 38.0. The third-order valence-corrected chi connectivity index (χ3v) is 15.1. The van der Waals surface area contributed by atoms with Gasteiger partial charge in [-0.15, -0.1) is 10.2 Å². The number of aryl methyl sites for hydroxylation is 2. The minimum absolute atomic E-state index is 0.00645. The van der Waals surface area contributed by atoms with Gasteiger partial charge in [0.25, 0.3) is 17.7 Å².